The van der Waals surface area contributed by atoms with Crippen LogP contribution in [0.4, 0.5) is 5.69 Å². The highest BCUT2D eigenvalue weighted by Crippen LogP contribution is 2.31. The number of nitro benzene ring substituents is 1. The molecule has 0 heterocycles. The molecule has 1 rings (SSSR count). The molecule has 76 valence electrons. The van der Waals surface area contributed by atoms with Crippen LogP contribution in [0.1, 0.15) is 26.3 Å². The zero-order valence-corrected chi connectivity index (χ0v) is 8.44. The molecule has 1 aromatic rings. The minimum Gasteiger partial charge on any atom is -0.502 e. The molecule has 0 aliphatic heterocycles. The molecule has 0 saturated carbocycles. The Labute approximate surface area is 82.3 Å². The second-order valence-electron chi connectivity index (χ2n) is 4.21. The fourth-order valence-electron chi connectivity index (χ4n) is 1.14. The average molecular weight is 195 g/mol. The predicted molar refractivity (Wildman–Crippen MR) is 53.5 cm³/mol. The lowest BCUT2D eigenvalue weighted by Gasteiger charge is -2.18. The van der Waals surface area contributed by atoms with Crippen LogP contribution in [-0.4, -0.2) is 10.0 Å². The monoisotopic (exact) mass is 195 g/mol. The number of nitro groups is 1. The molecule has 0 unspecified atom stereocenters. The van der Waals surface area contributed by atoms with Gasteiger partial charge in [0.25, 0.3) is 0 Å². The molecule has 14 heavy (non-hydrogen) atoms. The summed E-state index contributed by atoms with van der Waals surface area (Å²) < 4.78 is 0. The summed E-state index contributed by atoms with van der Waals surface area (Å²) in [7, 11) is 0. The molecule has 0 fully saturated rings. The van der Waals surface area contributed by atoms with Crippen LogP contribution < -0.4 is 0 Å². The maximum Gasteiger partial charge on any atom is 0.310 e. The van der Waals surface area contributed by atoms with Crippen molar-refractivity contribution in [1.29, 1.82) is 0 Å². The number of phenols is 1. The SMILES string of the molecule is CC(C)(C)c1ccc([N+](=O)[O-])c(O)c1. The van der Waals surface area contributed by atoms with E-state index in [0.29, 0.717) is 0 Å². The summed E-state index contributed by atoms with van der Waals surface area (Å²) >= 11 is 0. The molecule has 0 aromatic heterocycles. The first-order valence-corrected chi connectivity index (χ1v) is 4.30. The van der Waals surface area contributed by atoms with E-state index in [4.69, 9.17) is 0 Å². The fourth-order valence-corrected chi connectivity index (χ4v) is 1.14. The highest BCUT2D eigenvalue weighted by atomic mass is 16.6. The van der Waals surface area contributed by atoms with Gasteiger partial charge in [-0.1, -0.05) is 26.8 Å². The minimum absolute atomic E-state index is 0.118. The van der Waals surface area contributed by atoms with Crippen molar-refractivity contribution in [3.8, 4) is 5.75 Å². The third kappa shape index (κ3) is 2.02. The third-order valence-electron chi connectivity index (χ3n) is 2.04. The number of aromatic hydroxyl groups is 1. The molecule has 0 saturated heterocycles. The normalized spacial score (nSPS) is 11.4. The van der Waals surface area contributed by atoms with Crippen molar-refractivity contribution in [1.82, 2.24) is 0 Å². The second-order valence-corrected chi connectivity index (χ2v) is 4.21. The Bertz CT molecular complexity index is 366. The lowest BCUT2D eigenvalue weighted by atomic mass is 9.87. The number of hydrogen-bond acceptors (Lipinski definition) is 3. The summed E-state index contributed by atoms with van der Waals surface area (Å²) in [5, 5.41) is 19.8. The van der Waals surface area contributed by atoms with Crippen molar-refractivity contribution in [2.24, 2.45) is 0 Å². The van der Waals surface area contributed by atoms with E-state index >= 15 is 0 Å². The quantitative estimate of drug-likeness (QED) is 0.553. The zero-order chi connectivity index (χ0) is 10.9. The summed E-state index contributed by atoms with van der Waals surface area (Å²) in [5.74, 6) is -0.276. The standard InChI is InChI=1S/C10H13NO3/c1-10(2,3)7-4-5-8(11(13)14)9(12)6-7/h4-6,12H,1-3H3. The van der Waals surface area contributed by atoms with E-state index in [0.717, 1.165) is 5.56 Å². The van der Waals surface area contributed by atoms with Crippen molar-refractivity contribution in [2.45, 2.75) is 26.2 Å². The van der Waals surface area contributed by atoms with Gasteiger partial charge in [-0.15, -0.1) is 0 Å². The van der Waals surface area contributed by atoms with E-state index in [1.54, 1.807) is 6.07 Å². The van der Waals surface area contributed by atoms with Crippen molar-refractivity contribution in [3.63, 3.8) is 0 Å². The van der Waals surface area contributed by atoms with Gasteiger partial charge in [0.05, 0.1) is 4.92 Å². The Hall–Kier alpha value is -1.58. The number of nitrogens with zero attached hydrogens (tertiary/aromatic N) is 1. The summed E-state index contributed by atoms with van der Waals surface area (Å²) in [6, 6.07) is 4.44. The van der Waals surface area contributed by atoms with Gasteiger partial charge in [-0.05, 0) is 17.0 Å². The van der Waals surface area contributed by atoms with E-state index in [9.17, 15) is 15.2 Å². The number of hydrogen-bond donors (Lipinski definition) is 1. The third-order valence-corrected chi connectivity index (χ3v) is 2.04. The van der Waals surface area contributed by atoms with E-state index < -0.39 is 4.92 Å². The van der Waals surface area contributed by atoms with Crippen LogP contribution in [0.3, 0.4) is 0 Å². The van der Waals surface area contributed by atoms with Gasteiger partial charge < -0.3 is 5.11 Å². The van der Waals surface area contributed by atoms with Crippen LogP contribution in [0.2, 0.25) is 0 Å². The van der Waals surface area contributed by atoms with Gasteiger partial charge in [0.1, 0.15) is 0 Å². The smallest absolute Gasteiger partial charge is 0.310 e. The summed E-state index contributed by atoms with van der Waals surface area (Å²) in [6.45, 7) is 5.94. The van der Waals surface area contributed by atoms with Crippen molar-refractivity contribution in [2.75, 3.05) is 0 Å². The molecule has 1 N–H and O–H groups in total. The van der Waals surface area contributed by atoms with Gasteiger partial charge in [-0.25, -0.2) is 0 Å². The van der Waals surface area contributed by atoms with Gasteiger partial charge in [-0.3, -0.25) is 10.1 Å². The Balaban J connectivity index is 3.20. The maximum absolute atomic E-state index is 10.4. The molecular formula is C10H13NO3. The number of rotatable bonds is 1. The van der Waals surface area contributed by atoms with Crippen LogP contribution in [-0.2, 0) is 5.41 Å². The van der Waals surface area contributed by atoms with E-state index in [2.05, 4.69) is 0 Å². The molecule has 0 spiro atoms. The molecule has 1 aromatic carbocycles. The van der Waals surface area contributed by atoms with Gasteiger partial charge in [0.15, 0.2) is 5.75 Å². The molecule has 0 atom stereocenters. The van der Waals surface area contributed by atoms with Gasteiger partial charge in [0, 0.05) is 6.07 Å². The summed E-state index contributed by atoms with van der Waals surface area (Å²) in [5.41, 5.74) is 0.505. The van der Waals surface area contributed by atoms with E-state index in [-0.39, 0.29) is 16.9 Å². The van der Waals surface area contributed by atoms with Gasteiger partial charge in [0.2, 0.25) is 0 Å². The minimum atomic E-state index is -0.595. The highest BCUT2D eigenvalue weighted by molar-refractivity contribution is 5.48. The molecule has 4 heteroatoms. The van der Waals surface area contributed by atoms with Crippen molar-refractivity contribution in [3.05, 3.63) is 33.9 Å². The number of phenolic OH excluding ortho intramolecular Hbond substituents is 1. The first kappa shape index (κ1) is 10.5. The van der Waals surface area contributed by atoms with Crippen LogP contribution >= 0.6 is 0 Å². The van der Waals surface area contributed by atoms with E-state index in [1.165, 1.54) is 12.1 Å². The second kappa shape index (κ2) is 3.29. The fraction of sp³-hybridized carbons (Fsp3) is 0.400. The Morgan fingerprint density at radius 1 is 1.36 bits per heavy atom. The first-order valence-electron chi connectivity index (χ1n) is 4.30. The van der Waals surface area contributed by atoms with Crippen LogP contribution in [0.5, 0.6) is 5.75 Å². The van der Waals surface area contributed by atoms with Gasteiger partial charge in [-0.2, -0.15) is 0 Å². The van der Waals surface area contributed by atoms with Gasteiger partial charge >= 0.3 is 5.69 Å². The Morgan fingerprint density at radius 2 is 1.93 bits per heavy atom. The lowest BCUT2D eigenvalue weighted by Crippen LogP contribution is -2.10. The average Bonchev–Trinajstić information content (AvgIpc) is 2.01. The zero-order valence-electron chi connectivity index (χ0n) is 8.44. The number of benzene rings is 1. The highest BCUT2D eigenvalue weighted by Gasteiger charge is 2.19. The molecule has 0 amide bonds. The molecule has 0 aliphatic rings. The predicted octanol–water partition coefficient (Wildman–Crippen LogP) is 2.60. The van der Waals surface area contributed by atoms with E-state index in [1.807, 2.05) is 20.8 Å². The Morgan fingerprint density at radius 3 is 2.29 bits per heavy atom. The van der Waals surface area contributed by atoms with Crippen molar-refractivity contribution >= 4 is 5.69 Å². The maximum atomic E-state index is 10.4. The van der Waals surface area contributed by atoms with Crippen LogP contribution in [0, 0.1) is 10.1 Å². The lowest BCUT2D eigenvalue weighted by molar-refractivity contribution is -0.385. The molecular weight excluding hydrogens is 182 g/mol. The molecule has 4 nitrogen and oxygen atoms in total. The van der Waals surface area contributed by atoms with Crippen LogP contribution in [0.15, 0.2) is 18.2 Å². The molecule has 0 aliphatic carbocycles. The molecule has 0 radical (unpaired) electrons. The topological polar surface area (TPSA) is 63.4 Å². The summed E-state index contributed by atoms with van der Waals surface area (Å²) in [6.07, 6.45) is 0. The Kier molecular flexibility index (Phi) is 2.47. The summed E-state index contributed by atoms with van der Waals surface area (Å²) in [4.78, 5) is 9.83. The largest absolute Gasteiger partial charge is 0.502 e. The van der Waals surface area contributed by atoms with Crippen molar-refractivity contribution < 1.29 is 10.0 Å². The molecule has 0 bridgehead atoms. The van der Waals surface area contributed by atoms with Crippen LogP contribution in [0.25, 0.3) is 0 Å². The first-order chi connectivity index (χ1) is 6.32.